The molecule has 0 bridgehead atoms. The van der Waals surface area contributed by atoms with Crippen LogP contribution in [0, 0.1) is 5.92 Å². The number of amides is 1. The highest BCUT2D eigenvalue weighted by Gasteiger charge is 2.47. The van der Waals surface area contributed by atoms with Gasteiger partial charge in [0.2, 0.25) is 0 Å². The van der Waals surface area contributed by atoms with Crippen LogP contribution in [-0.4, -0.2) is 34.4 Å². The molecule has 11 heteroatoms. The maximum absolute atomic E-state index is 14.0. The maximum Gasteiger partial charge on any atom is 0.410 e. The van der Waals surface area contributed by atoms with Crippen molar-refractivity contribution in [1.29, 1.82) is 0 Å². The number of nitrogens with one attached hydrogen (secondary N) is 2. The number of hydrogen-bond acceptors (Lipinski definition) is 6. The number of esters is 1. The van der Waals surface area contributed by atoms with Gasteiger partial charge in [0.1, 0.15) is 10.8 Å². The summed E-state index contributed by atoms with van der Waals surface area (Å²) in [4.78, 5) is 27.0. The predicted molar refractivity (Wildman–Crippen MR) is 134 cm³/mol. The minimum Gasteiger partial charge on any atom is -0.462 e. The van der Waals surface area contributed by atoms with Crippen molar-refractivity contribution in [3.63, 3.8) is 0 Å². The molecule has 2 aromatic heterocycles. The van der Waals surface area contributed by atoms with Gasteiger partial charge < -0.3 is 15.4 Å². The Balaban J connectivity index is 1.46. The SMILES string of the molecule is CCOC(=O)c1c(NC(=O)c2cc3n(n2)[C@H](C(F)(F)F)C[C@H](c2ccccc2)N3)sc2c1CC[C@H](C)C2. The minimum atomic E-state index is -4.55. The lowest BCUT2D eigenvalue weighted by Gasteiger charge is -2.33. The van der Waals surface area contributed by atoms with E-state index in [1.54, 1.807) is 37.3 Å². The third-order valence-corrected chi connectivity index (χ3v) is 8.01. The molecule has 2 aliphatic rings. The molecule has 1 amide bonds. The van der Waals surface area contributed by atoms with Gasteiger partial charge in [-0.1, -0.05) is 37.3 Å². The fourth-order valence-corrected chi connectivity index (χ4v) is 6.41. The van der Waals surface area contributed by atoms with E-state index in [1.165, 1.54) is 17.4 Å². The van der Waals surface area contributed by atoms with Crippen molar-refractivity contribution in [2.24, 2.45) is 5.92 Å². The summed E-state index contributed by atoms with van der Waals surface area (Å²) in [7, 11) is 0. The Labute approximate surface area is 216 Å². The molecule has 0 fully saturated rings. The summed E-state index contributed by atoms with van der Waals surface area (Å²) in [6, 6.07) is 7.72. The normalized spacial score (nSPS) is 20.9. The van der Waals surface area contributed by atoms with Crippen LogP contribution in [0.1, 0.15) is 75.6 Å². The Hall–Kier alpha value is -3.34. The number of ether oxygens (including phenoxy) is 1. The van der Waals surface area contributed by atoms with Crippen LogP contribution in [0.2, 0.25) is 0 Å². The number of benzene rings is 1. The summed E-state index contributed by atoms with van der Waals surface area (Å²) in [6.07, 6.45) is -2.40. The number of carbonyl (C=O) groups is 2. The number of fused-ring (bicyclic) bond motifs is 2. The highest BCUT2D eigenvalue weighted by molar-refractivity contribution is 7.17. The summed E-state index contributed by atoms with van der Waals surface area (Å²) < 4.78 is 48.1. The van der Waals surface area contributed by atoms with Gasteiger partial charge in [0, 0.05) is 17.4 Å². The molecule has 196 valence electrons. The zero-order chi connectivity index (χ0) is 26.3. The molecule has 0 saturated heterocycles. The number of halogens is 3. The van der Waals surface area contributed by atoms with Crippen molar-refractivity contribution < 1.29 is 27.5 Å². The van der Waals surface area contributed by atoms with Crippen LogP contribution in [0.25, 0.3) is 0 Å². The molecule has 5 rings (SSSR count). The lowest BCUT2D eigenvalue weighted by molar-refractivity contribution is -0.173. The Bertz CT molecular complexity index is 1320. The number of thiophene rings is 1. The van der Waals surface area contributed by atoms with Gasteiger partial charge in [-0.3, -0.25) is 4.79 Å². The van der Waals surface area contributed by atoms with E-state index < -0.39 is 30.1 Å². The molecule has 2 N–H and O–H groups in total. The second-order valence-corrected chi connectivity index (χ2v) is 10.6. The van der Waals surface area contributed by atoms with Crippen LogP contribution in [0.5, 0.6) is 0 Å². The minimum absolute atomic E-state index is 0.109. The molecule has 3 heterocycles. The lowest BCUT2D eigenvalue weighted by atomic mass is 9.88. The van der Waals surface area contributed by atoms with E-state index in [4.69, 9.17) is 4.74 Å². The molecule has 1 aliphatic heterocycles. The third-order valence-electron chi connectivity index (χ3n) is 6.84. The summed E-state index contributed by atoms with van der Waals surface area (Å²) in [5, 5.41) is 10.2. The zero-order valence-corrected chi connectivity index (χ0v) is 21.2. The number of anilines is 2. The zero-order valence-electron chi connectivity index (χ0n) is 20.4. The van der Waals surface area contributed by atoms with Gasteiger partial charge in [0.15, 0.2) is 11.7 Å². The molecule has 0 radical (unpaired) electrons. The Kier molecular flexibility index (Phi) is 6.74. The van der Waals surface area contributed by atoms with E-state index in [0.29, 0.717) is 28.5 Å². The number of carbonyl (C=O) groups excluding carboxylic acids is 2. The molecule has 1 aromatic carbocycles. The van der Waals surface area contributed by atoms with Gasteiger partial charge in [0.05, 0.1) is 18.2 Å². The van der Waals surface area contributed by atoms with Gasteiger partial charge in [0.25, 0.3) is 5.91 Å². The second-order valence-electron chi connectivity index (χ2n) is 9.49. The van der Waals surface area contributed by atoms with Crippen molar-refractivity contribution in [1.82, 2.24) is 9.78 Å². The topological polar surface area (TPSA) is 85.2 Å². The van der Waals surface area contributed by atoms with Crippen molar-refractivity contribution in [3.05, 3.63) is 63.7 Å². The molecule has 0 spiro atoms. The first-order valence-corrected chi connectivity index (χ1v) is 13.1. The van der Waals surface area contributed by atoms with Gasteiger partial charge in [-0.15, -0.1) is 11.3 Å². The van der Waals surface area contributed by atoms with Gasteiger partial charge in [-0.05, 0) is 43.2 Å². The highest BCUT2D eigenvalue weighted by atomic mass is 32.1. The first kappa shape index (κ1) is 25.3. The molecule has 3 atom stereocenters. The standard InChI is InChI=1S/C26H27F3N4O3S/c1-3-36-25(35)22-16-10-9-14(2)11-19(16)37-24(22)31-23(34)18-13-21-30-17(15-7-5-4-6-8-15)12-20(26(27,28)29)33(21)32-18/h4-8,13-14,17,20,30H,3,9-12H2,1-2H3,(H,31,34)/t14-,17+,20-/m0/s1. The number of hydrogen-bond donors (Lipinski definition) is 2. The van der Waals surface area contributed by atoms with Gasteiger partial charge in [-0.2, -0.15) is 18.3 Å². The number of alkyl halides is 3. The number of aromatic nitrogens is 2. The van der Waals surface area contributed by atoms with E-state index in [-0.39, 0.29) is 24.5 Å². The molecular formula is C26H27F3N4O3S. The van der Waals surface area contributed by atoms with Crippen LogP contribution < -0.4 is 10.6 Å². The Morgan fingerprint density at radius 1 is 1.27 bits per heavy atom. The van der Waals surface area contributed by atoms with Crippen molar-refractivity contribution >= 4 is 34.0 Å². The molecule has 37 heavy (non-hydrogen) atoms. The van der Waals surface area contributed by atoms with Crippen LogP contribution in [0.15, 0.2) is 36.4 Å². The molecule has 3 aromatic rings. The fraction of sp³-hybridized carbons (Fsp3) is 0.423. The fourth-order valence-electron chi connectivity index (χ4n) is 5.01. The number of rotatable bonds is 5. The second kappa shape index (κ2) is 9.85. The first-order valence-electron chi connectivity index (χ1n) is 12.3. The average Bonchev–Trinajstić information content (AvgIpc) is 3.44. The van der Waals surface area contributed by atoms with E-state index in [2.05, 4.69) is 22.7 Å². The monoisotopic (exact) mass is 532 g/mol. The molecule has 0 unspecified atom stereocenters. The number of nitrogens with zero attached hydrogens (tertiary/aromatic N) is 2. The van der Waals surface area contributed by atoms with Gasteiger partial charge in [-0.25, -0.2) is 9.48 Å². The third kappa shape index (κ3) is 4.96. The first-order chi connectivity index (χ1) is 17.7. The summed E-state index contributed by atoms with van der Waals surface area (Å²) in [5.41, 5.74) is 1.76. The predicted octanol–water partition coefficient (Wildman–Crippen LogP) is 6.16. The quantitative estimate of drug-likeness (QED) is 0.385. The summed E-state index contributed by atoms with van der Waals surface area (Å²) in [6.45, 7) is 4.03. The van der Waals surface area contributed by atoms with Crippen LogP contribution in [0.3, 0.4) is 0 Å². The Morgan fingerprint density at radius 3 is 2.73 bits per heavy atom. The van der Waals surface area contributed by atoms with Crippen molar-refractivity contribution in [3.8, 4) is 0 Å². The van der Waals surface area contributed by atoms with Crippen molar-refractivity contribution in [2.75, 3.05) is 17.2 Å². The lowest BCUT2D eigenvalue weighted by Crippen LogP contribution is -2.35. The van der Waals surface area contributed by atoms with Crippen LogP contribution in [0.4, 0.5) is 24.0 Å². The highest BCUT2D eigenvalue weighted by Crippen LogP contribution is 2.44. The maximum atomic E-state index is 14.0. The van der Waals surface area contributed by atoms with E-state index in [9.17, 15) is 22.8 Å². The average molecular weight is 533 g/mol. The smallest absolute Gasteiger partial charge is 0.410 e. The largest absolute Gasteiger partial charge is 0.462 e. The molecular weight excluding hydrogens is 505 g/mol. The van der Waals surface area contributed by atoms with Crippen LogP contribution >= 0.6 is 11.3 Å². The van der Waals surface area contributed by atoms with Crippen molar-refractivity contribution in [2.45, 2.75) is 57.8 Å². The van der Waals surface area contributed by atoms with E-state index in [1.807, 2.05) is 0 Å². The molecule has 0 saturated carbocycles. The molecule has 7 nitrogen and oxygen atoms in total. The summed E-state index contributed by atoms with van der Waals surface area (Å²) >= 11 is 1.32. The molecule has 1 aliphatic carbocycles. The summed E-state index contributed by atoms with van der Waals surface area (Å²) in [5.74, 6) is -0.637. The van der Waals surface area contributed by atoms with E-state index in [0.717, 1.165) is 28.0 Å². The van der Waals surface area contributed by atoms with Crippen LogP contribution in [-0.2, 0) is 17.6 Å². The Morgan fingerprint density at radius 2 is 2.03 bits per heavy atom. The van der Waals surface area contributed by atoms with Gasteiger partial charge >= 0.3 is 12.1 Å². The van der Waals surface area contributed by atoms with E-state index >= 15 is 0 Å².